The highest BCUT2D eigenvalue weighted by molar-refractivity contribution is 7.89. The van der Waals surface area contributed by atoms with Gasteiger partial charge in [-0.1, -0.05) is 13.0 Å². The number of esters is 1. The van der Waals surface area contributed by atoms with Crippen LogP contribution in [0.25, 0.3) is 0 Å². The van der Waals surface area contributed by atoms with Crippen LogP contribution in [-0.2, 0) is 26.1 Å². The molecule has 0 unspecified atom stereocenters. The van der Waals surface area contributed by atoms with Crippen molar-refractivity contribution < 1.29 is 27.2 Å². The molecule has 0 bridgehead atoms. The van der Waals surface area contributed by atoms with E-state index in [4.69, 9.17) is 9.15 Å². The second-order valence-corrected chi connectivity index (χ2v) is 7.57. The zero-order valence-corrected chi connectivity index (χ0v) is 16.0. The summed E-state index contributed by atoms with van der Waals surface area (Å²) < 4.78 is 37.3. The summed E-state index contributed by atoms with van der Waals surface area (Å²) in [5.41, 5.74) is 0.623. The van der Waals surface area contributed by atoms with Crippen molar-refractivity contribution in [3.63, 3.8) is 0 Å². The first-order chi connectivity index (χ1) is 12.8. The van der Waals surface area contributed by atoms with E-state index in [9.17, 15) is 18.0 Å². The topological polar surface area (TPSA) is 115 Å². The van der Waals surface area contributed by atoms with Crippen molar-refractivity contribution in [3.8, 4) is 0 Å². The van der Waals surface area contributed by atoms with Gasteiger partial charge in [-0.15, -0.1) is 0 Å². The number of furan rings is 1. The third-order valence-corrected chi connectivity index (χ3v) is 5.06. The molecular formula is C18H22N2O6S. The van der Waals surface area contributed by atoms with E-state index in [2.05, 4.69) is 10.0 Å². The van der Waals surface area contributed by atoms with Crippen LogP contribution in [0.5, 0.6) is 0 Å². The van der Waals surface area contributed by atoms with Gasteiger partial charge in [-0.2, -0.15) is 0 Å². The van der Waals surface area contributed by atoms with Crippen molar-refractivity contribution >= 4 is 21.9 Å². The first-order valence-electron chi connectivity index (χ1n) is 8.40. The summed E-state index contributed by atoms with van der Waals surface area (Å²) in [5.74, 6) is -0.711. The van der Waals surface area contributed by atoms with Crippen molar-refractivity contribution in [2.24, 2.45) is 0 Å². The minimum absolute atomic E-state index is 0.0133. The van der Waals surface area contributed by atoms with Crippen LogP contribution >= 0.6 is 0 Å². The Morgan fingerprint density at radius 3 is 2.67 bits per heavy atom. The van der Waals surface area contributed by atoms with Gasteiger partial charge in [-0.25, -0.2) is 17.9 Å². The Bertz CT molecular complexity index is 891. The Hall–Kier alpha value is -2.65. The number of rotatable bonds is 9. The molecule has 0 saturated carbocycles. The first kappa shape index (κ1) is 20.7. The molecule has 2 rings (SSSR count). The van der Waals surface area contributed by atoms with Crippen molar-refractivity contribution in [2.75, 3.05) is 13.2 Å². The second kappa shape index (κ2) is 9.33. The standard InChI is InChI=1S/C18H22N2O6S/c1-3-8-19-17(21)12-26-18(22)16-10-15(7-6-13(16)2)27(23,24)20-11-14-5-4-9-25-14/h4-7,9-10,20H,3,8,11-12H2,1-2H3,(H,19,21). The Labute approximate surface area is 157 Å². The highest BCUT2D eigenvalue weighted by Crippen LogP contribution is 2.17. The predicted molar refractivity (Wildman–Crippen MR) is 97.5 cm³/mol. The molecule has 0 aliphatic carbocycles. The van der Waals surface area contributed by atoms with Gasteiger partial charge in [-0.3, -0.25) is 4.79 Å². The minimum Gasteiger partial charge on any atom is -0.468 e. The van der Waals surface area contributed by atoms with Crippen molar-refractivity contribution in [3.05, 3.63) is 53.5 Å². The predicted octanol–water partition coefficient (Wildman–Crippen LogP) is 1.75. The van der Waals surface area contributed by atoms with Crippen LogP contribution in [0.2, 0.25) is 0 Å². The van der Waals surface area contributed by atoms with E-state index in [1.165, 1.54) is 24.5 Å². The third kappa shape index (κ3) is 5.93. The van der Waals surface area contributed by atoms with Crippen molar-refractivity contribution in [1.82, 2.24) is 10.0 Å². The lowest BCUT2D eigenvalue weighted by Gasteiger charge is -2.10. The van der Waals surface area contributed by atoms with E-state index in [1.807, 2.05) is 6.92 Å². The summed E-state index contributed by atoms with van der Waals surface area (Å²) in [6.07, 6.45) is 2.21. The molecule has 0 atom stereocenters. The molecule has 9 heteroatoms. The van der Waals surface area contributed by atoms with E-state index < -0.39 is 28.5 Å². The zero-order valence-electron chi connectivity index (χ0n) is 15.2. The molecule has 8 nitrogen and oxygen atoms in total. The fraction of sp³-hybridized carbons (Fsp3) is 0.333. The van der Waals surface area contributed by atoms with Gasteiger partial charge in [0.25, 0.3) is 5.91 Å². The summed E-state index contributed by atoms with van der Waals surface area (Å²) >= 11 is 0. The van der Waals surface area contributed by atoms with Crippen LogP contribution in [0, 0.1) is 6.92 Å². The van der Waals surface area contributed by atoms with E-state index in [0.717, 1.165) is 6.42 Å². The van der Waals surface area contributed by atoms with Crippen LogP contribution < -0.4 is 10.0 Å². The molecule has 2 aromatic rings. The maximum absolute atomic E-state index is 12.4. The summed E-state index contributed by atoms with van der Waals surface area (Å²) in [5, 5.41) is 2.59. The average molecular weight is 394 g/mol. The maximum atomic E-state index is 12.4. The molecule has 1 aromatic heterocycles. The highest BCUT2D eigenvalue weighted by atomic mass is 32.2. The number of ether oxygens (including phenoxy) is 1. The molecule has 1 aromatic carbocycles. The number of aryl methyl sites for hydroxylation is 1. The lowest BCUT2D eigenvalue weighted by molar-refractivity contribution is -0.124. The Kier molecular flexibility index (Phi) is 7.14. The highest BCUT2D eigenvalue weighted by Gasteiger charge is 2.19. The lowest BCUT2D eigenvalue weighted by atomic mass is 10.1. The molecule has 0 aliphatic rings. The Morgan fingerprint density at radius 1 is 1.22 bits per heavy atom. The van der Waals surface area contributed by atoms with Crippen LogP contribution in [0.1, 0.15) is 35.0 Å². The number of carbonyl (C=O) groups is 2. The van der Waals surface area contributed by atoms with Gasteiger partial charge in [0.05, 0.1) is 23.3 Å². The molecule has 146 valence electrons. The lowest BCUT2D eigenvalue weighted by Crippen LogP contribution is -2.29. The Morgan fingerprint density at radius 2 is 2.00 bits per heavy atom. The molecule has 0 fully saturated rings. The van der Waals surface area contributed by atoms with Gasteiger partial charge < -0.3 is 14.5 Å². The summed E-state index contributed by atoms with van der Waals surface area (Å²) in [6.45, 7) is 3.61. The van der Waals surface area contributed by atoms with Crippen LogP contribution in [0.3, 0.4) is 0 Å². The largest absolute Gasteiger partial charge is 0.468 e. The molecule has 1 heterocycles. The molecule has 2 N–H and O–H groups in total. The molecule has 0 spiro atoms. The molecule has 1 amide bonds. The van der Waals surface area contributed by atoms with Crippen molar-refractivity contribution in [1.29, 1.82) is 0 Å². The zero-order chi connectivity index (χ0) is 19.9. The fourth-order valence-electron chi connectivity index (χ4n) is 2.18. The van der Waals surface area contributed by atoms with Gasteiger partial charge in [-0.05, 0) is 43.2 Å². The fourth-order valence-corrected chi connectivity index (χ4v) is 3.19. The summed E-state index contributed by atoms with van der Waals surface area (Å²) in [4.78, 5) is 23.7. The summed E-state index contributed by atoms with van der Waals surface area (Å²) in [7, 11) is -3.85. The molecule has 0 saturated heterocycles. The number of hydrogen-bond donors (Lipinski definition) is 2. The quantitative estimate of drug-likeness (QED) is 0.626. The Balaban J connectivity index is 2.07. The van der Waals surface area contributed by atoms with Crippen molar-refractivity contribution in [2.45, 2.75) is 31.7 Å². The number of carbonyl (C=O) groups excluding carboxylic acids is 2. The van der Waals surface area contributed by atoms with Crippen LogP contribution in [0.4, 0.5) is 0 Å². The average Bonchev–Trinajstić information content (AvgIpc) is 3.16. The summed E-state index contributed by atoms with van der Waals surface area (Å²) in [6, 6.07) is 7.43. The van der Waals surface area contributed by atoms with Gasteiger partial charge in [0.15, 0.2) is 6.61 Å². The smallest absolute Gasteiger partial charge is 0.338 e. The number of sulfonamides is 1. The van der Waals surface area contributed by atoms with E-state index in [1.54, 1.807) is 19.1 Å². The normalized spacial score (nSPS) is 11.2. The first-order valence-corrected chi connectivity index (χ1v) is 9.88. The number of hydrogen-bond acceptors (Lipinski definition) is 6. The molecular weight excluding hydrogens is 372 g/mol. The minimum atomic E-state index is -3.85. The SMILES string of the molecule is CCCNC(=O)COC(=O)c1cc(S(=O)(=O)NCc2ccco2)ccc1C. The molecule has 0 radical (unpaired) electrons. The van der Waals surface area contributed by atoms with Gasteiger partial charge in [0.2, 0.25) is 10.0 Å². The number of amides is 1. The van der Waals surface area contributed by atoms with E-state index in [0.29, 0.717) is 17.9 Å². The number of benzene rings is 1. The van der Waals surface area contributed by atoms with Crippen LogP contribution in [-0.4, -0.2) is 33.4 Å². The van der Waals surface area contributed by atoms with Crippen LogP contribution in [0.15, 0.2) is 45.9 Å². The number of nitrogens with one attached hydrogen (secondary N) is 2. The van der Waals surface area contributed by atoms with Gasteiger partial charge >= 0.3 is 5.97 Å². The van der Waals surface area contributed by atoms with Gasteiger partial charge in [0.1, 0.15) is 5.76 Å². The van der Waals surface area contributed by atoms with E-state index in [-0.39, 0.29) is 17.0 Å². The second-order valence-electron chi connectivity index (χ2n) is 5.81. The van der Waals surface area contributed by atoms with Gasteiger partial charge in [0, 0.05) is 6.54 Å². The molecule has 27 heavy (non-hydrogen) atoms. The van der Waals surface area contributed by atoms with E-state index >= 15 is 0 Å². The third-order valence-electron chi connectivity index (χ3n) is 3.66. The molecule has 0 aliphatic heterocycles. The monoisotopic (exact) mass is 394 g/mol. The maximum Gasteiger partial charge on any atom is 0.338 e.